The maximum Gasteiger partial charge on any atom is 0.305 e. The Morgan fingerprint density at radius 3 is 2.58 bits per heavy atom. The number of carboxylic acid groups (broad SMARTS) is 1. The van der Waals surface area contributed by atoms with Gasteiger partial charge in [0.2, 0.25) is 5.91 Å². The number of carbonyl (C=O) groups is 2. The Balaban J connectivity index is 1.86. The van der Waals surface area contributed by atoms with Crippen molar-refractivity contribution in [3.8, 4) is 5.75 Å². The number of aryl methyl sites for hydroxylation is 1. The molecule has 1 amide bonds. The fourth-order valence-corrected chi connectivity index (χ4v) is 2.27. The molecule has 5 nitrogen and oxygen atoms in total. The number of benzene rings is 2. The van der Waals surface area contributed by atoms with Crippen LogP contribution in [-0.2, 0) is 22.6 Å². The smallest absolute Gasteiger partial charge is 0.305 e. The second-order valence-corrected chi connectivity index (χ2v) is 5.60. The fourth-order valence-electron chi connectivity index (χ4n) is 2.27. The van der Waals surface area contributed by atoms with Crippen molar-refractivity contribution >= 4 is 11.9 Å². The summed E-state index contributed by atoms with van der Waals surface area (Å²) >= 11 is 0. The third-order valence-electron chi connectivity index (χ3n) is 3.41. The summed E-state index contributed by atoms with van der Waals surface area (Å²) in [4.78, 5) is 22.2. The summed E-state index contributed by atoms with van der Waals surface area (Å²) < 4.78 is 5.77. The second kappa shape index (κ2) is 8.72. The maximum absolute atomic E-state index is 11.8. The number of carbonyl (C=O) groups excluding carboxylic acids is 1. The molecule has 0 radical (unpaired) electrons. The summed E-state index contributed by atoms with van der Waals surface area (Å²) in [6, 6.07) is 15.5. The van der Waals surface area contributed by atoms with Crippen LogP contribution in [0.1, 0.15) is 23.1 Å². The van der Waals surface area contributed by atoms with Gasteiger partial charge < -0.3 is 15.2 Å². The topological polar surface area (TPSA) is 75.6 Å². The first kappa shape index (κ1) is 17.5. The zero-order valence-electron chi connectivity index (χ0n) is 13.6. The van der Waals surface area contributed by atoms with Gasteiger partial charge in [-0.25, -0.2) is 0 Å². The van der Waals surface area contributed by atoms with Crippen molar-refractivity contribution < 1.29 is 19.4 Å². The number of amides is 1. The molecule has 2 rings (SSSR count). The van der Waals surface area contributed by atoms with E-state index in [1.807, 2.05) is 49.4 Å². The van der Waals surface area contributed by atoms with Crippen molar-refractivity contribution in [2.75, 3.05) is 6.54 Å². The molecule has 0 aliphatic heterocycles. The Morgan fingerprint density at radius 1 is 1.08 bits per heavy atom. The number of ether oxygens (including phenoxy) is 1. The SMILES string of the molecule is Cc1cccc(COc2cccc(CC(=O)NCCC(=O)O)c2)c1. The highest BCUT2D eigenvalue weighted by molar-refractivity contribution is 5.79. The molecule has 24 heavy (non-hydrogen) atoms. The van der Waals surface area contributed by atoms with Gasteiger partial charge in [-0.15, -0.1) is 0 Å². The Bertz CT molecular complexity index is 712. The van der Waals surface area contributed by atoms with Crippen molar-refractivity contribution in [1.82, 2.24) is 5.32 Å². The van der Waals surface area contributed by atoms with E-state index >= 15 is 0 Å². The van der Waals surface area contributed by atoms with E-state index in [-0.39, 0.29) is 25.3 Å². The minimum atomic E-state index is -0.929. The van der Waals surface area contributed by atoms with Crippen molar-refractivity contribution in [2.45, 2.75) is 26.4 Å². The van der Waals surface area contributed by atoms with Crippen molar-refractivity contribution in [3.05, 3.63) is 65.2 Å². The first-order chi connectivity index (χ1) is 11.5. The molecule has 0 heterocycles. The van der Waals surface area contributed by atoms with E-state index in [1.54, 1.807) is 0 Å². The molecule has 5 heteroatoms. The van der Waals surface area contributed by atoms with Gasteiger partial charge in [0.15, 0.2) is 0 Å². The summed E-state index contributed by atoms with van der Waals surface area (Å²) in [5, 5.41) is 11.1. The van der Waals surface area contributed by atoms with E-state index < -0.39 is 5.97 Å². The van der Waals surface area contributed by atoms with Crippen LogP contribution in [0.25, 0.3) is 0 Å². The van der Waals surface area contributed by atoms with E-state index in [4.69, 9.17) is 9.84 Å². The molecular formula is C19H21NO4. The minimum absolute atomic E-state index is 0.0780. The van der Waals surface area contributed by atoms with Gasteiger partial charge >= 0.3 is 5.97 Å². The van der Waals surface area contributed by atoms with Crippen LogP contribution in [0.4, 0.5) is 0 Å². The normalized spacial score (nSPS) is 10.2. The molecule has 0 atom stereocenters. The van der Waals surface area contributed by atoms with Gasteiger partial charge in [0.05, 0.1) is 12.8 Å². The molecule has 0 aliphatic rings. The van der Waals surface area contributed by atoms with Crippen LogP contribution < -0.4 is 10.1 Å². The largest absolute Gasteiger partial charge is 0.489 e. The van der Waals surface area contributed by atoms with E-state index in [0.29, 0.717) is 12.4 Å². The summed E-state index contributed by atoms with van der Waals surface area (Å²) in [5.74, 6) is -0.429. The molecule has 126 valence electrons. The minimum Gasteiger partial charge on any atom is -0.489 e. The highest BCUT2D eigenvalue weighted by Crippen LogP contribution is 2.16. The zero-order valence-corrected chi connectivity index (χ0v) is 13.6. The number of rotatable bonds is 8. The number of hydrogen-bond acceptors (Lipinski definition) is 3. The Hall–Kier alpha value is -2.82. The molecule has 0 aromatic heterocycles. The van der Waals surface area contributed by atoms with Crippen LogP contribution in [0.3, 0.4) is 0 Å². The summed E-state index contributed by atoms with van der Waals surface area (Å²) in [7, 11) is 0. The van der Waals surface area contributed by atoms with Crippen LogP contribution >= 0.6 is 0 Å². The predicted molar refractivity (Wildman–Crippen MR) is 90.9 cm³/mol. The molecule has 2 N–H and O–H groups in total. The molecule has 0 spiro atoms. The summed E-state index contributed by atoms with van der Waals surface area (Å²) in [6.45, 7) is 2.64. The molecule has 2 aromatic rings. The number of nitrogens with one attached hydrogen (secondary N) is 1. The molecule has 0 saturated heterocycles. The fraction of sp³-hybridized carbons (Fsp3) is 0.263. The van der Waals surface area contributed by atoms with Crippen LogP contribution in [0.5, 0.6) is 5.75 Å². The Kier molecular flexibility index (Phi) is 6.37. The van der Waals surface area contributed by atoms with E-state index in [1.165, 1.54) is 5.56 Å². The lowest BCUT2D eigenvalue weighted by Crippen LogP contribution is -2.27. The number of carboxylic acids is 1. The number of hydrogen-bond donors (Lipinski definition) is 2. The lowest BCUT2D eigenvalue weighted by atomic mass is 10.1. The third kappa shape index (κ3) is 6.12. The van der Waals surface area contributed by atoms with Crippen LogP contribution in [0.2, 0.25) is 0 Å². The summed E-state index contributed by atoms with van der Waals surface area (Å²) in [6.07, 6.45) is 0.118. The molecule has 2 aromatic carbocycles. The molecule has 0 aliphatic carbocycles. The van der Waals surface area contributed by atoms with Gasteiger partial charge in [0, 0.05) is 6.54 Å². The van der Waals surface area contributed by atoms with Gasteiger partial charge in [0.1, 0.15) is 12.4 Å². The third-order valence-corrected chi connectivity index (χ3v) is 3.41. The van der Waals surface area contributed by atoms with Gasteiger partial charge in [-0.05, 0) is 30.2 Å². The first-order valence-electron chi connectivity index (χ1n) is 7.79. The van der Waals surface area contributed by atoms with Crippen LogP contribution in [0, 0.1) is 6.92 Å². The van der Waals surface area contributed by atoms with E-state index in [0.717, 1.165) is 11.1 Å². The van der Waals surface area contributed by atoms with Crippen molar-refractivity contribution in [2.24, 2.45) is 0 Å². The Labute approximate surface area is 141 Å². The molecule has 0 bridgehead atoms. The molecule has 0 fully saturated rings. The average molecular weight is 327 g/mol. The van der Waals surface area contributed by atoms with Gasteiger partial charge in [-0.2, -0.15) is 0 Å². The van der Waals surface area contributed by atoms with Crippen molar-refractivity contribution in [1.29, 1.82) is 0 Å². The van der Waals surface area contributed by atoms with Crippen LogP contribution in [0.15, 0.2) is 48.5 Å². The second-order valence-electron chi connectivity index (χ2n) is 5.60. The quantitative estimate of drug-likeness (QED) is 0.782. The van der Waals surface area contributed by atoms with Gasteiger partial charge in [-0.3, -0.25) is 9.59 Å². The highest BCUT2D eigenvalue weighted by atomic mass is 16.5. The van der Waals surface area contributed by atoms with Crippen molar-refractivity contribution in [3.63, 3.8) is 0 Å². The zero-order chi connectivity index (χ0) is 17.4. The summed E-state index contributed by atoms with van der Waals surface area (Å²) in [5.41, 5.74) is 3.10. The highest BCUT2D eigenvalue weighted by Gasteiger charge is 2.06. The average Bonchev–Trinajstić information content (AvgIpc) is 2.53. The van der Waals surface area contributed by atoms with Gasteiger partial charge in [0.25, 0.3) is 0 Å². The predicted octanol–water partition coefficient (Wildman–Crippen LogP) is 2.71. The lowest BCUT2D eigenvalue weighted by Gasteiger charge is -2.09. The molecular weight excluding hydrogens is 306 g/mol. The van der Waals surface area contributed by atoms with E-state index in [2.05, 4.69) is 11.4 Å². The maximum atomic E-state index is 11.8. The first-order valence-corrected chi connectivity index (χ1v) is 7.79. The standard InChI is InChI=1S/C19H21NO4/c1-14-4-2-6-16(10-14)13-24-17-7-3-5-15(11-17)12-18(21)20-9-8-19(22)23/h2-7,10-11H,8-9,12-13H2,1H3,(H,20,21)(H,22,23). The van der Waals surface area contributed by atoms with Crippen LogP contribution in [-0.4, -0.2) is 23.5 Å². The molecule has 0 saturated carbocycles. The monoisotopic (exact) mass is 327 g/mol. The number of aliphatic carboxylic acids is 1. The van der Waals surface area contributed by atoms with Gasteiger partial charge in [-0.1, -0.05) is 42.0 Å². The van der Waals surface area contributed by atoms with E-state index in [9.17, 15) is 9.59 Å². The molecule has 0 unspecified atom stereocenters. The Morgan fingerprint density at radius 2 is 1.83 bits per heavy atom. The lowest BCUT2D eigenvalue weighted by molar-refractivity contribution is -0.136.